The van der Waals surface area contributed by atoms with E-state index < -0.39 is 27.9 Å². The molecular formula is C13H17N3O4S. The lowest BCUT2D eigenvalue weighted by Gasteiger charge is -2.22. The zero-order valence-corrected chi connectivity index (χ0v) is 12.4. The van der Waals surface area contributed by atoms with Gasteiger partial charge in [0.1, 0.15) is 6.04 Å². The molecule has 1 aliphatic heterocycles. The maximum absolute atomic E-state index is 12.4. The number of amides is 2. The van der Waals surface area contributed by atoms with Crippen molar-refractivity contribution in [2.24, 2.45) is 0 Å². The van der Waals surface area contributed by atoms with Crippen molar-refractivity contribution in [3.63, 3.8) is 0 Å². The van der Waals surface area contributed by atoms with Crippen molar-refractivity contribution in [1.29, 1.82) is 0 Å². The lowest BCUT2D eigenvalue weighted by molar-refractivity contribution is -0.134. The standard InChI is InChI=1S/C13H17N3O4S/c1-2-8-3-4-9(14)7-11(8)21(19,20)16-10-5-6-12(17)15-13(10)18/h3-4,7,10,16H,2,5-6,14H2,1H3,(H,15,17,18). The number of nitrogen functional groups attached to an aromatic ring is 1. The van der Waals surface area contributed by atoms with E-state index in [1.807, 2.05) is 6.92 Å². The summed E-state index contributed by atoms with van der Waals surface area (Å²) in [4.78, 5) is 22.8. The summed E-state index contributed by atoms with van der Waals surface area (Å²) >= 11 is 0. The van der Waals surface area contributed by atoms with Crippen molar-refractivity contribution in [3.8, 4) is 0 Å². The van der Waals surface area contributed by atoms with Crippen LogP contribution in [0.15, 0.2) is 23.1 Å². The van der Waals surface area contributed by atoms with Crippen LogP contribution in [-0.2, 0) is 26.0 Å². The summed E-state index contributed by atoms with van der Waals surface area (Å²) < 4.78 is 27.2. The van der Waals surface area contributed by atoms with Gasteiger partial charge in [0.05, 0.1) is 4.90 Å². The SMILES string of the molecule is CCc1ccc(N)cc1S(=O)(=O)NC1CCC(=O)NC1=O. The molecule has 1 atom stereocenters. The summed E-state index contributed by atoms with van der Waals surface area (Å²) in [6.45, 7) is 1.83. The normalized spacial score (nSPS) is 19.4. The second-order valence-corrected chi connectivity index (χ2v) is 6.53. The van der Waals surface area contributed by atoms with Crippen molar-refractivity contribution in [1.82, 2.24) is 10.0 Å². The maximum atomic E-state index is 12.4. The van der Waals surface area contributed by atoms with Gasteiger partial charge >= 0.3 is 0 Å². The highest BCUT2D eigenvalue weighted by Crippen LogP contribution is 2.20. The summed E-state index contributed by atoms with van der Waals surface area (Å²) in [5, 5.41) is 2.11. The highest BCUT2D eigenvalue weighted by atomic mass is 32.2. The fourth-order valence-corrected chi connectivity index (χ4v) is 3.75. The second-order valence-electron chi connectivity index (χ2n) is 4.85. The van der Waals surface area contributed by atoms with Gasteiger partial charge in [-0.25, -0.2) is 8.42 Å². The topological polar surface area (TPSA) is 118 Å². The lowest BCUT2D eigenvalue weighted by Crippen LogP contribution is -2.52. The second kappa shape index (κ2) is 5.82. The van der Waals surface area contributed by atoms with Crippen LogP contribution in [0.4, 0.5) is 5.69 Å². The van der Waals surface area contributed by atoms with E-state index in [0.717, 1.165) is 0 Å². The molecule has 0 aliphatic carbocycles. The molecule has 2 amide bonds. The monoisotopic (exact) mass is 311 g/mol. The Bertz CT molecular complexity index is 685. The van der Waals surface area contributed by atoms with Crippen molar-refractivity contribution in [3.05, 3.63) is 23.8 Å². The van der Waals surface area contributed by atoms with Gasteiger partial charge in [-0.15, -0.1) is 0 Å². The largest absolute Gasteiger partial charge is 0.399 e. The first-order valence-electron chi connectivity index (χ1n) is 6.58. The van der Waals surface area contributed by atoms with Gasteiger partial charge in [-0.1, -0.05) is 13.0 Å². The summed E-state index contributed by atoms with van der Waals surface area (Å²) in [6.07, 6.45) is 0.774. The van der Waals surface area contributed by atoms with E-state index in [2.05, 4.69) is 10.0 Å². The number of rotatable bonds is 4. The minimum absolute atomic E-state index is 0.0645. The summed E-state index contributed by atoms with van der Waals surface area (Å²) in [5.41, 5.74) is 6.59. The van der Waals surface area contributed by atoms with Gasteiger partial charge in [-0.3, -0.25) is 14.9 Å². The van der Waals surface area contributed by atoms with Gasteiger partial charge < -0.3 is 5.73 Å². The number of anilines is 1. The molecular weight excluding hydrogens is 294 g/mol. The Kier molecular flexibility index (Phi) is 4.29. The third-order valence-electron chi connectivity index (χ3n) is 3.30. The molecule has 0 bridgehead atoms. The van der Waals surface area contributed by atoms with Crippen LogP contribution < -0.4 is 15.8 Å². The predicted molar refractivity (Wildman–Crippen MR) is 76.7 cm³/mol. The first kappa shape index (κ1) is 15.5. The van der Waals surface area contributed by atoms with Gasteiger partial charge in [-0.05, 0) is 30.5 Å². The average molecular weight is 311 g/mol. The van der Waals surface area contributed by atoms with E-state index in [4.69, 9.17) is 5.73 Å². The van der Waals surface area contributed by atoms with Crippen LogP contribution >= 0.6 is 0 Å². The Hall–Kier alpha value is -1.93. The Labute approximate surface area is 123 Å². The van der Waals surface area contributed by atoms with Crippen molar-refractivity contribution >= 4 is 27.5 Å². The number of nitrogens with one attached hydrogen (secondary N) is 2. The van der Waals surface area contributed by atoms with E-state index in [1.165, 1.54) is 6.07 Å². The van der Waals surface area contributed by atoms with E-state index in [0.29, 0.717) is 17.7 Å². The molecule has 114 valence electrons. The van der Waals surface area contributed by atoms with Crippen molar-refractivity contribution in [2.45, 2.75) is 37.1 Å². The van der Waals surface area contributed by atoms with E-state index in [9.17, 15) is 18.0 Å². The number of aryl methyl sites for hydroxylation is 1. The number of hydrogen-bond acceptors (Lipinski definition) is 5. The number of sulfonamides is 1. The Morgan fingerprint density at radius 2 is 2.10 bits per heavy atom. The van der Waals surface area contributed by atoms with Crippen LogP contribution in [0.2, 0.25) is 0 Å². The fourth-order valence-electron chi connectivity index (χ4n) is 2.17. The molecule has 4 N–H and O–H groups in total. The van der Waals surface area contributed by atoms with Crippen LogP contribution in [0.25, 0.3) is 0 Å². The van der Waals surface area contributed by atoms with Crippen molar-refractivity contribution < 1.29 is 18.0 Å². The van der Waals surface area contributed by atoms with E-state index in [1.54, 1.807) is 12.1 Å². The number of piperidine rings is 1. The Morgan fingerprint density at radius 3 is 2.71 bits per heavy atom. The molecule has 0 radical (unpaired) electrons. The van der Waals surface area contributed by atoms with Crippen LogP contribution in [-0.4, -0.2) is 26.3 Å². The van der Waals surface area contributed by atoms with Crippen LogP contribution in [0.3, 0.4) is 0 Å². The predicted octanol–water partition coefficient (Wildman–Crippen LogP) is -0.0853. The molecule has 1 saturated heterocycles. The zero-order chi connectivity index (χ0) is 15.6. The molecule has 1 aromatic rings. The molecule has 0 aromatic heterocycles. The molecule has 0 spiro atoms. The highest BCUT2D eigenvalue weighted by molar-refractivity contribution is 7.89. The molecule has 2 rings (SSSR count). The average Bonchev–Trinajstić information content (AvgIpc) is 2.42. The minimum Gasteiger partial charge on any atom is -0.399 e. The molecule has 1 aromatic carbocycles. The molecule has 1 heterocycles. The van der Waals surface area contributed by atoms with Crippen LogP contribution in [0, 0.1) is 0 Å². The van der Waals surface area contributed by atoms with Crippen LogP contribution in [0.1, 0.15) is 25.3 Å². The minimum atomic E-state index is -3.88. The number of imide groups is 1. The molecule has 1 fully saturated rings. The van der Waals surface area contributed by atoms with Gasteiger partial charge in [-0.2, -0.15) is 4.72 Å². The number of benzene rings is 1. The molecule has 21 heavy (non-hydrogen) atoms. The number of carbonyl (C=O) groups is 2. The van der Waals surface area contributed by atoms with Crippen LogP contribution in [0.5, 0.6) is 0 Å². The molecule has 7 nitrogen and oxygen atoms in total. The zero-order valence-electron chi connectivity index (χ0n) is 11.5. The third kappa shape index (κ3) is 3.40. The van der Waals surface area contributed by atoms with E-state index >= 15 is 0 Å². The van der Waals surface area contributed by atoms with E-state index in [-0.39, 0.29) is 17.7 Å². The van der Waals surface area contributed by atoms with Gasteiger partial charge in [0.25, 0.3) is 0 Å². The van der Waals surface area contributed by atoms with Gasteiger partial charge in [0.15, 0.2) is 0 Å². The number of nitrogens with two attached hydrogens (primary N) is 1. The Morgan fingerprint density at radius 1 is 1.38 bits per heavy atom. The van der Waals surface area contributed by atoms with Gasteiger partial charge in [0.2, 0.25) is 21.8 Å². The first-order chi connectivity index (χ1) is 9.83. The number of carbonyl (C=O) groups excluding carboxylic acids is 2. The maximum Gasteiger partial charge on any atom is 0.244 e. The molecule has 0 saturated carbocycles. The van der Waals surface area contributed by atoms with Crippen molar-refractivity contribution in [2.75, 3.05) is 5.73 Å². The summed E-state index contributed by atoms with van der Waals surface area (Å²) in [5.74, 6) is -1.02. The smallest absolute Gasteiger partial charge is 0.244 e. The summed E-state index contributed by atoms with van der Waals surface area (Å²) in [6, 6.07) is 3.70. The van der Waals surface area contributed by atoms with Gasteiger partial charge in [0, 0.05) is 12.1 Å². The quantitative estimate of drug-likeness (QED) is 0.530. The Balaban J connectivity index is 2.28. The first-order valence-corrected chi connectivity index (χ1v) is 8.06. The third-order valence-corrected chi connectivity index (χ3v) is 4.85. The highest BCUT2D eigenvalue weighted by Gasteiger charge is 2.31. The molecule has 1 unspecified atom stereocenters. The molecule has 8 heteroatoms. The summed E-state index contributed by atoms with van der Waals surface area (Å²) in [7, 11) is -3.88. The molecule has 1 aliphatic rings. The lowest BCUT2D eigenvalue weighted by atomic mass is 10.1. The fraction of sp³-hybridized carbons (Fsp3) is 0.385. The number of hydrogen-bond donors (Lipinski definition) is 3.